The molecular formula is C21H20. The van der Waals surface area contributed by atoms with Crippen LogP contribution in [0.25, 0.3) is 0 Å². The summed E-state index contributed by atoms with van der Waals surface area (Å²) in [6.07, 6.45) is 0. The van der Waals surface area contributed by atoms with Gasteiger partial charge in [0.25, 0.3) is 0 Å². The first-order chi connectivity index (χ1) is 10.3. The van der Waals surface area contributed by atoms with Crippen molar-refractivity contribution >= 4 is 0 Å². The van der Waals surface area contributed by atoms with Crippen LogP contribution in [0.3, 0.4) is 0 Å². The molecule has 0 heteroatoms. The lowest BCUT2D eigenvalue weighted by molar-refractivity contribution is 0.961. The van der Waals surface area contributed by atoms with Gasteiger partial charge < -0.3 is 0 Å². The van der Waals surface area contributed by atoms with Crippen LogP contribution in [-0.4, -0.2) is 0 Å². The van der Waals surface area contributed by atoms with E-state index in [0.29, 0.717) is 5.92 Å². The maximum absolute atomic E-state index is 2.25. The second kappa shape index (κ2) is 5.97. The van der Waals surface area contributed by atoms with Crippen LogP contribution in [0.5, 0.6) is 0 Å². The first-order valence-corrected chi connectivity index (χ1v) is 7.43. The van der Waals surface area contributed by atoms with Crippen LogP contribution < -0.4 is 0 Å². The lowest BCUT2D eigenvalue weighted by Gasteiger charge is -2.21. The summed E-state index contributed by atoms with van der Waals surface area (Å²) in [5.41, 5.74) is 6.71. The monoisotopic (exact) mass is 272 g/mol. The molecule has 3 rings (SSSR count). The molecule has 0 amide bonds. The third kappa shape index (κ3) is 2.90. The molecule has 0 nitrogen and oxygen atoms in total. The van der Waals surface area contributed by atoms with E-state index >= 15 is 0 Å². The number of aryl methyl sites for hydroxylation is 2. The van der Waals surface area contributed by atoms with Gasteiger partial charge in [0.1, 0.15) is 0 Å². The van der Waals surface area contributed by atoms with Crippen LogP contribution in [-0.2, 0) is 0 Å². The minimum absolute atomic E-state index is 0.299. The fourth-order valence-corrected chi connectivity index (χ4v) is 2.87. The molecule has 0 heterocycles. The zero-order chi connectivity index (χ0) is 14.7. The van der Waals surface area contributed by atoms with E-state index in [2.05, 4.69) is 92.7 Å². The Kier molecular flexibility index (Phi) is 3.87. The van der Waals surface area contributed by atoms with Gasteiger partial charge in [-0.25, -0.2) is 0 Å². The normalized spacial score (nSPS) is 12.1. The van der Waals surface area contributed by atoms with Crippen molar-refractivity contribution in [3.8, 4) is 0 Å². The Morgan fingerprint density at radius 2 is 1.14 bits per heavy atom. The van der Waals surface area contributed by atoms with E-state index in [4.69, 9.17) is 0 Å². The minimum Gasteiger partial charge on any atom is -0.0622 e. The highest BCUT2D eigenvalue weighted by Gasteiger charge is 2.17. The van der Waals surface area contributed by atoms with E-state index in [1.807, 2.05) is 0 Å². The van der Waals surface area contributed by atoms with Crippen molar-refractivity contribution < 1.29 is 0 Å². The quantitative estimate of drug-likeness (QED) is 0.553. The molecule has 0 saturated carbocycles. The zero-order valence-electron chi connectivity index (χ0n) is 12.6. The second-order valence-electron chi connectivity index (χ2n) is 5.61. The topological polar surface area (TPSA) is 0 Å². The minimum atomic E-state index is 0.299. The Hall–Kier alpha value is -2.34. The van der Waals surface area contributed by atoms with Crippen molar-refractivity contribution in [2.24, 2.45) is 0 Å². The molecule has 0 spiro atoms. The molecule has 0 saturated heterocycles. The summed E-state index contributed by atoms with van der Waals surface area (Å²) < 4.78 is 0. The summed E-state index contributed by atoms with van der Waals surface area (Å²) in [5, 5.41) is 0. The number of hydrogen-bond acceptors (Lipinski definition) is 0. The van der Waals surface area contributed by atoms with Crippen LogP contribution in [0.1, 0.15) is 33.7 Å². The van der Waals surface area contributed by atoms with Gasteiger partial charge in [0, 0.05) is 5.92 Å². The van der Waals surface area contributed by atoms with Crippen molar-refractivity contribution in [2.45, 2.75) is 19.8 Å². The van der Waals surface area contributed by atoms with Gasteiger partial charge in [0.2, 0.25) is 0 Å². The number of rotatable bonds is 3. The van der Waals surface area contributed by atoms with Crippen LogP contribution in [0, 0.1) is 13.8 Å². The fraction of sp³-hybridized carbons (Fsp3) is 0.143. The van der Waals surface area contributed by atoms with Crippen molar-refractivity contribution in [1.29, 1.82) is 0 Å². The molecule has 0 aromatic heterocycles. The van der Waals surface area contributed by atoms with Gasteiger partial charge >= 0.3 is 0 Å². The molecule has 3 aromatic carbocycles. The molecule has 21 heavy (non-hydrogen) atoms. The zero-order valence-corrected chi connectivity index (χ0v) is 12.6. The molecule has 0 radical (unpaired) electrons. The van der Waals surface area contributed by atoms with E-state index < -0.39 is 0 Å². The van der Waals surface area contributed by atoms with E-state index in [9.17, 15) is 0 Å². The SMILES string of the molecule is Cc1ccc(C(c2ccccc2)c2ccccc2C)cc1. The van der Waals surface area contributed by atoms with E-state index in [-0.39, 0.29) is 0 Å². The van der Waals surface area contributed by atoms with Crippen LogP contribution >= 0.6 is 0 Å². The summed E-state index contributed by atoms with van der Waals surface area (Å²) >= 11 is 0. The van der Waals surface area contributed by atoms with Gasteiger partial charge in [-0.2, -0.15) is 0 Å². The van der Waals surface area contributed by atoms with E-state index in [1.54, 1.807) is 0 Å². The highest BCUT2D eigenvalue weighted by molar-refractivity contribution is 5.46. The third-order valence-electron chi connectivity index (χ3n) is 4.04. The molecule has 0 aliphatic carbocycles. The summed E-state index contributed by atoms with van der Waals surface area (Å²) in [6, 6.07) is 28.3. The van der Waals surface area contributed by atoms with Crippen molar-refractivity contribution in [2.75, 3.05) is 0 Å². The fourth-order valence-electron chi connectivity index (χ4n) is 2.87. The maximum atomic E-state index is 2.25. The van der Waals surface area contributed by atoms with E-state index in [0.717, 1.165) is 0 Å². The summed E-state index contributed by atoms with van der Waals surface area (Å²) in [6.45, 7) is 4.33. The maximum Gasteiger partial charge on any atom is 0.0342 e. The van der Waals surface area contributed by atoms with Gasteiger partial charge in [0.05, 0.1) is 0 Å². The average Bonchev–Trinajstić information content (AvgIpc) is 2.52. The molecular weight excluding hydrogens is 252 g/mol. The molecule has 0 aliphatic heterocycles. The molecule has 0 aliphatic rings. The Morgan fingerprint density at radius 3 is 1.81 bits per heavy atom. The van der Waals surface area contributed by atoms with Crippen LogP contribution in [0.4, 0.5) is 0 Å². The second-order valence-corrected chi connectivity index (χ2v) is 5.61. The smallest absolute Gasteiger partial charge is 0.0342 e. The molecule has 0 bridgehead atoms. The largest absolute Gasteiger partial charge is 0.0622 e. The first-order valence-electron chi connectivity index (χ1n) is 7.43. The third-order valence-corrected chi connectivity index (χ3v) is 4.04. The summed E-state index contributed by atoms with van der Waals surface area (Å²) in [7, 11) is 0. The highest BCUT2D eigenvalue weighted by atomic mass is 14.2. The van der Waals surface area contributed by atoms with Crippen molar-refractivity contribution in [3.63, 3.8) is 0 Å². The van der Waals surface area contributed by atoms with Crippen LogP contribution in [0.15, 0.2) is 78.9 Å². The predicted molar refractivity (Wildman–Crippen MR) is 89.7 cm³/mol. The predicted octanol–water partition coefficient (Wildman–Crippen LogP) is 5.48. The Bertz CT molecular complexity index is 709. The lowest BCUT2D eigenvalue weighted by Crippen LogP contribution is -2.05. The molecule has 0 fully saturated rings. The Labute approximate surface area is 127 Å². The van der Waals surface area contributed by atoms with Gasteiger partial charge in [-0.15, -0.1) is 0 Å². The highest BCUT2D eigenvalue weighted by Crippen LogP contribution is 2.33. The summed E-state index contributed by atoms with van der Waals surface area (Å²) in [4.78, 5) is 0. The van der Waals surface area contributed by atoms with E-state index in [1.165, 1.54) is 27.8 Å². The first kappa shape index (κ1) is 13.6. The van der Waals surface area contributed by atoms with Gasteiger partial charge in [-0.3, -0.25) is 0 Å². The number of benzene rings is 3. The van der Waals surface area contributed by atoms with Crippen LogP contribution in [0.2, 0.25) is 0 Å². The molecule has 1 atom stereocenters. The lowest BCUT2D eigenvalue weighted by atomic mass is 9.83. The summed E-state index contributed by atoms with van der Waals surface area (Å²) in [5.74, 6) is 0.299. The Balaban J connectivity index is 2.16. The Morgan fingerprint density at radius 1 is 0.571 bits per heavy atom. The molecule has 1 unspecified atom stereocenters. The van der Waals surface area contributed by atoms with Crippen molar-refractivity contribution in [3.05, 3.63) is 107 Å². The standard InChI is InChI=1S/C21H20/c1-16-12-14-19(15-13-16)21(18-9-4-3-5-10-18)20-11-7-6-8-17(20)2/h3-15,21H,1-2H3. The average molecular weight is 272 g/mol. The van der Waals surface area contributed by atoms with Gasteiger partial charge in [0.15, 0.2) is 0 Å². The molecule has 0 N–H and O–H groups in total. The molecule has 104 valence electrons. The van der Waals surface area contributed by atoms with Gasteiger partial charge in [-0.05, 0) is 36.1 Å². The molecule has 3 aromatic rings. The van der Waals surface area contributed by atoms with Gasteiger partial charge in [-0.1, -0.05) is 84.4 Å². The number of hydrogen-bond donors (Lipinski definition) is 0. The van der Waals surface area contributed by atoms with Crippen molar-refractivity contribution in [1.82, 2.24) is 0 Å².